The van der Waals surface area contributed by atoms with Gasteiger partial charge in [-0.05, 0) is 30.2 Å². The van der Waals surface area contributed by atoms with Crippen LogP contribution in [0.3, 0.4) is 0 Å². The van der Waals surface area contributed by atoms with Crippen molar-refractivity contribution in [2.45, 2.75) is 12.8 Å². The number of amides is 1. The summed E-state index contributed by atoms with van der Waals surface area (Å²) >= 11 is 0. The maximum atomic E-state index is 13.6. The summed E-state index contributed by atoms with van der Waals surface area (Å²) in [5.74, 6) is -1.53. The van der Waals surface area contributed by atoms with Crippen LogP contribution in [0.15, 0.2) is 30.3 Å². The fourth-order valence-electron chi connectivity index (χ4n) is 2.19. The number of nitrogens with two attached hydrogens (primary N) is 1. The second-order valence-corrected chi connectivity index (χ2v) is 4.77. The Kier molecular flexibility index (Phi) is 3.21. The van der Waals surface area contributed by atoms with E-state index in [0.29, 0.717) is 24.2 Å². The molecule has 2 aromatic carbocycles. The molecule has 0 fully saturated rings. The Hall–Kier alpha value is -2.63. The van der Waals surface area contributed by atoms with E-state index in [-0.39, 0.29) is 17.4 Å². The van der Waals surface area contributed by atoms with E-state index in [4.69, 9.17) is 10.5 Å². The van der Waals surface area contributed by atoms with Crippen LogP contribution in [-0.2, 0) is 11.2 Å². The summed E-state index contributed by atoms with van der Waals surface area (Å²) < 4.78 is 31.8. The summed E-state index contributed by atoms with van der Waals surface area (Å²) in [6.07, 6.45) is 0.996. The van der Waals surface area contributed by atoms with Crippen molar-refractivity contribution in [3.63, 3.8) is 0 Å². The van der Waals surface area contributed by atoms with Gasteiger partial charge in [-0.25, -0.2) is 8.78 Å². The lowest BCUT2D eigenvalue weighted by atomic mass is 10.0. The summed E-state index contributed by atoms with van der Waals surface area (Å²) in [5.41, 5.74) is 7.70. The molecule has 2 aromatic rings. The fraction of sp³-hybridized carbons (Fsp3) is 0.133. The van der Waals surface area contributed by atoms with E-state index >= 15 is 0 Å². The minimum absolute atomic E-state index is 0.0915. The highest BCUT2D eigenvalue weighted by Gasteiger charge is 2.18. The molecule has 4 nitrogen and oxygen atoms in total. The fourth-order valence-corrected chi connectivity index (χ4v) is 2.19. The zero-order valence-corrected chi connectivity index (χ0v) is 11.0. The maximum absolute atomic E-state index is 13.6. The van der Waals surface area contributed by atoms with Crippen molar-refractivity contribution in [1.82, 2.24) is 0 Å². The van der Waals surface area contributed by atoms with Crippen molar-refractivity contribution in [3.05, 3.63) is 47.5 Å². The van der Waals surface area contributed by atoms with Crippen LogP contribution in [0.25, 0.3) is 0 Å². The number of hydrogen-bond acceptors (Lipinski definition) is 3. The van der Waals surface area contributed by atoms with Gasteiger partial charge < -0.3 is 15.8 Å². The average molecular weight is 290 g/mol. The third-order valence-corrected chi connectivity index (χ3v) is 3.24. The summed E-state index contributed by atoms with van der Waals surface area (Å²) in [7, 11) is 0. The molecule has 1 aliphatic heterocycles. The molecular formula is C15H12F2N2O2. The molecule has 0 atom stereocenters. The minimum atomic E-state index is -0.823. The molecule has 0 aromatic heterocycles. The first-order valence-electron chi connectivity index (χ1n) is 6.38. The first-order valence-corrected chi connectivity index (χ1v) is 6.38. The van der Waals surface area contributed by atoms with E-state index in [0.717, 1.165) is 17.7 Å². The quantitative estimate of drug-likeness (QED) is 0.835. The summed E-state index contributed by atoms with van der Waals surface area (Å²) in [4.78, 5) is 11.4. The smallest absolute Gasteiger partial charge is 0.224 e. The Morgan fingerprint density at radius 2 is 1.90 bits per heavy atom. The number of nitrogens with one attached hydrogen (secondary N) is 1. The molecule has 21 heavy (non-hydrogen) atoms. The zero-order valence-electron chi connectivity index (χ0n) is 11.0. The predicted molar refractivity (Wildman–Crippen MR) is 74.2 cm³/mol. The number of benzene rings is 2. The summed E-state index contributed by atoms with van der Waals surface area (Å²) in [5, 5.41) is 2.71. The van der Waals surface area contributed by atoms with Crippen LogP contribution in [-0.4, -0.2) is 5.91 Å². The number of anilines is 2. The van der Waals surface area contributed by atoms with Gasteiger partial charge in [-0.1, -0.05) is 0 Å². The van der Waals surface area contributed by atoms with Crippen molar-refractivity contribution >= 4 is 17.3 Å². The van der Waals surface area contributed by atoms with E-state index in [1.54, 1.807) is 12.1 Å². The number of ether oxygens (including phenoxy) is 1. The first kappa shape index (κ1) is 13.4. The first-order chi connectivity index (χ1) is 10.0. The number of nitrogen functional groups attached to an aromatic ring is 1. The molecule has 1 heterocycles. The molecule has 0 aliphatic carbocycles. The Morgan fingerprint density at radius 3 is 2.67 bits per heavy atom. The number of hydrogen-bond donors (Lipinski definition) is 2. The Balaban J connectivity index is 1.95. The van der Waals surface area contributed by atoms with Gasteiger partial charge in [-0.2, -0.15) is 0 Å². The Morgan fingerprint density at radius 1 is 1.10 bits per heavy atom. The summed E-state index contributed by atoms with van der Waals surface area (Å²) in [6.45, 7) is 0. The number of rotatable bonds is 2. The van der Waals surface area contributed by atoms with Gasteiger partial charge in [-0.3, -0.25) is 4.79 Å². The average Bonchev–Trinajstić information content (AvgIpc) is 2.43. The van der Waals surface area contributed by atoms with Gasteiger partial charge in [0.1, 0.15) is 5.82 Å². The van der Waals surface area contributed by atoms with Gasteiger partial charge >= 0.3 is 0 Å². The molecule has 3 rings (SSSR count). The van der Waals surface area contributed by atoms with Crippen molar-refractivity contribution < 1.29 is 18.3 Å². The van der Waals surface area contributed by atoms with Crippen LogP contribution in [0.5, 0.6) is 11.5 Å². The molecule has 108 valence electrons. The SMILES string of the molecule is Nc1cc2c(cc1Oc1ccc(F)cc1F)NC(=O)CC2. The Bertz CT molecular complexity index is 732. The van der Waals surface area contributed by atoms with Crippen LogP contribution in [0.4, 0.5) is 20.2 Å². The molecule has 0 saturated carbocycles. The van der Waals surface area contributed by atoms with E-state index in [2.05, 4.69) is 5.32 Å². The van der Waals surface area contributed by atoms with Crippen LogP contribution >= 0.6 is 0 Å². The summed E-state index contributed by atoms with van der Waals surface area (Å²) in [6, 6.07) is 6.23. The third kappa shape index (κ3) is 2.65. The van der Waals surface area contributed by atoms with Crippen LogP contribution in [0.1, 0.15) is 12.0 Å². The van der Waals surface area contributed by atoms with Gasteiger partial charge in [0, 0.05) is 24.2 Å². The molecular weight excluding hydrogens is 278 g/mol. The van der Waals surface area contributed by atoms with Crippen LogP contribution in [0, 0.1) is 11.6 Å². The molecule has 0 unspecified atom stereocenters. The molecule has 0 bridgehead atoms. The number of halogens is 2. The third-order valence-electron chi connectivity index (χ3n) is 3.24. The molecule has 3 N–H and O–H groups in total. The second kappa shape index (κ2) is 5.05. The molecule has 0 spiro atoms. The monoisotopic (exact) mass is 290 g/mol. The van der Waals surface area contributed by atoms with Gasteiger partial charge in [0.2, 0.25) is 5.91 Å². The van der Waals surface area contributed by atoms with E-state index < -0.39 is 11.6 Å². The van der Waals surface area contributed by atoms with Gasteiger partial charge in [0.15, 0.2) is 17.3 Å². The van der Waals surface area contributed by atoms with Crippen molar-refractivity contribution in [2.24, 2.45) is 0 Å². The normalized spacial score (nSPS) is 13.5. The zero-order chi connectivity index (χ0) is 15.0. The topological polar surface area (TPSA) is 64.3 Å². The standard InChI is InChI=1S/C15H12F2N2O2/c16-9-2-3-13(10(17)6-9)21-14-7-12-8(5-11(14)18)1-4-15(20)19-12/h2-3,5-7H,1,4,18H2,(H,19,20). The molecule has 0 saturated heterocycles. The highest BCUT2D eigenvalue weighted by molar-refractivity contribution is 5.94. The van der Waals surface area contributed by atoms with Crippen LogP contribution < -0.4 is 15.8 Å². The highest BCUT2D eigenvalue weighted by Crippen LogP contribution is 2.36. The minimum Gasteiger partial charge on any atom is -0.452 e. The van der Waals surface area contributed by atoms with E-state index in [1.165, 1.54) is 6.07 Å². The lowest BCUT2D eigenvalue weighted by Gasteiger charge is -2.19. The molecule has 1 amide bonds. The maximum Gasteiger partial charge on any atom is 0.224 e. The largest absolute Gasteiger partial charge is 0.452 e. The highest BCUT2D eigenvalue weighted by atomic mass is 19.1. The Labute approximate surface area is 119 Å². The lowest BCUT2D eigenvalue weighted by molar-refractivity contribution is -0.116. The number of carbonyl (C=O) groups excluding carboxylic acids is 1. The van der Waals surface area contributed by atoms with E-state index in [9.17, 15) is 13.6 Å². The number of fused-ring (bicyclic) bond motifs is 1. The molecule has 6 heteroatoms. The van der Waals surface area contributed by atoms with Crippen LogP contribution in [0.2, 0.25) is 0 Å². The van der Waals surface area contributed by atoms with E-state index in [1.807, 2.05) is 0 Å². The number of aryl methyl sites for hydroxylation is 1. The molecule has 0 radical (unpaired) electrons. The van der Waals surface area contributed by atoms with Gasteiger partial charge in [0.05, 0.1) is 5.69 Å². The van der Waals surface area contributed by atoms with Crippen molar-refractivity contribution in [1.29, 1.82) is 0 Å². The number of carbonyl (C=O) groups is 1. The van der Waals surface area contributed by atoms with Gasteiger partial charge in [0.25, 0.3) is 0 Å². The van der Waals surface area contributed by atoms with Crippen molar-refractivity contribution in [3.8, 4) is 11.5 Å². The molecule has 1 aliphatic rings. The predicted octanol–water partition coefficient (Wildman–Crippen LogP) is 3.22. The van der Waals surface area contributed by atoms with Gasteiger partial charge in [-0.15, -0.1) is 0 Å². The lowest BCUT2D eigenvalue weighted by Crippen LogP contribution is -2.19. The second-order valence-electron chi connectivity index (χ2n) is 4.77. The van der Waals surface area contributed by atoms with Crippen molar-refractivity contribution in [2.75, 3.05) is 11.1 Å².